The Hall–Kier alpha value is -2.01. The molecular weight excluding hydrogens is 308 g/mol. The number of benzene rings is 1. The van der Waals surface area contributed by atoms with Crippen molar-refractivity contribution in [3.05, 3.63) is 62.6 Å². The van der Waals surface area contributed by atoms with Crippen molar-refractivity contribution in [3.63, 3.8) is 0 Å². The first-order chi connectivity index (χ1) is 10.9. The van der Waals surface area contributed by atoms with E-state index in [4.69, 9.17) is 0 Å². The molecule has 2 aromatic rings. The van der Waals surface area contributed by atoms with Gasteiger partial charge in [0, 0.05) is 22.7 Å². The van der Waals surface area contributed by atoms with Crippen LogP contribution < -0.4 is 10.9 Å². The van der Waals surface area contributed by atoms with Gasteiger partial charge in [0.1, 0.15) is 0 Å². The minimum Gasteiger partial charge on any atom is -0.351 e. The van der Waals surface area contributed by atoms with Crippen molar-refractivity contribution in [1.29, 1.82) is 0 Å². The summed E-state index contributed by atoms with van der Waals surface area (Å²) in [4.78, 5) is 27.8. The van der Waals surface area contributed by atoms with Gasteiger partial charge in [-0.15, -0.1) is 11.8 Å². The molecule has 1 heterocycles. The molecule has 5 heteroatoms. The van der Waals surface area contributed by atoms with E-state index in [1.807, 2.05) is 39.0 Å². The summed E-state index contributed by atoms with van der Waals surface area (Å²) < 4.78 is 0. The first kappa shape index (κ1) is 17.3. The molecule has 23 heavy (non-hydrogen) atoms. The fourth-order valence-electron chi connectivity index (χ4n) is 2.44. The molecule has 2 rings (SSSR count). The number of carbonyl (C=O) groups is 1. The van der Waals surface area contributed by atoms with Crippen LogP contribution in [0.1, 0.15) is 27.9 Å². The largest absolute Gasteiger partial charge is 0.351 e. The zero-order chi connectivity index (χ0) is 17.0. The molecule has 0 fully saturated rings. The van der Waals surface area contributed by atoms with Crippen LogP contribution in [0, 0.1) is 27.7 Å². The summed E-state index contributed by atoms with van der Waals surface area (Å²) in [6.45, 7) is 8.08. The number of carbonyl (C=O) groups excluding carboxylic acids is 1. The first-order valence-corrected chi connectivity index (χ1v) is 8.51. The summed E-state index contributed by atoms with van der Waals surface area (Å²) in [6, 6.07) is 8.10. The van der Waals surface area contributed by atoms with E-state index in [1.165, 1.54) is 22.9 Å². The average Bonchev–Trinajstić information content (AvgIpc) is 2.45. The molecule has 0 radical (unpaired) electrons. The summed E-state index contributed by atoms with van der Waals surface area (Å²) >= 11 is 1.51. The number of rotatable bonds is 5. The molecule has 0 bridgehead atoms. The highest BCUT2D eigenvalue weighted by molar-refractivity contribution is 8.00. The molecule has 1 amide bonds. The van der Waals surface area contributed by atoms with Gasteiger partial charge in [-0.25, -0.2) is 0 Å². The van der Waals surface area contributed by atoms with Crippen LogP contribution in [0.15, 0.2) is 34.0 Å². The lowest BCUT2D eigenvalue weighted by atomic mass is 10.1. The highest BCUT2D eigenvalue weighted by Gasteiger charge is 2.09. The Kier molecular flexibility index (Phi) is 5.66. The summed E-state index contributed by atoms with van der Waals surface area (Å²) in [7, 11) is 0. The number of hydrogen-bond donors (Lipinski definition) is 2. The number of pyridine rings is 1. The first-order valence-electron chi connectivity index (χ1n) is 7.53. The molecular formula is C18H22N2O2S. The standard InChI is InChI=1S/C18H22N2O2S/c1-11-5-6-16(13(3)7-11)23-10-17(21)19-9-15-12(2)8-14(4)20-18(15)22/h5-8H,9-10H2,1-4H3,(H,19,21)(H,20,22). The van der Waals surface area contributed by atoms with Gasteiger partial charge in [0.05, 0.1) is 5.75 Å². The second-order valence-electron chi connectivity index (χ2n) is 5.78. The maximum atomic E-state index is 12.0. The van der Waals surface area contributed by atoms with Crippen molar-refractivity contribution in [3.8, 4) is 0 Å². The van der Waals surface area contributed by atoms with Crippen molar-refractivity contribution in [2.45, 2.75) is 39.1 Å². The number of H-pyrrole nitrogens is 1. The Morgan fingerprint density at radius 1 is 1.13 bits per heavy atom. The van der Waals surface area contributed by atoms with Gasteiger partial charge in [0.15, 0.2) is 0 Å². The van der Waals surface area contributed by atoms with Crippen LogP contribution in [0.25, 0.3) is 0 Å². The van der Waals surface area contributed by atoms with Crippen LogP contribution in [-0.2, 0) is 11.3 Å². The zero-order valence-electron chi connectivity index (χ0n) is 13.9. The maximum absolute atomic E-state index is 12.0. The lowest BCUT2D eigenvalue weighted by molar-refractivity contribution is -0.118. The van der Waals surface area contributed by atoms with E-state index >= 15 is 0 Å². The van der Waals surface area contributed by atoms with Crippen LogP contribution in [0.5, 0.6) is 0 Å². The molecule has 0 saturated carbocycles. The predicted octanol–water partition coefficient (Wildman–Crippen LogP) is 3.02. The average molecular weight is 330 g/mol. The normalized spacial score (nSPS) is 10.6. The zero-order valence-corrected chi connectivity index (χ0v) is 14.8. The van der Waals surface area contributed by atoms with Gasteiger partial charge in [-0.3, -0.25) is 9.59 Å². The SMILES string of the molecule is Cc1ccc(SCC(=O)NCc2c(C)cc(C)[nH]c2=O)c(C)c1. The molecule has 0 aliphatic heterocycles. The van der Waals surface area contributed by atoms with E-state index in [9.17, 15) is 9.59 Å². The van der Waals surface area contributed by atoms with E-state index in [0.717, 1.165) is 16.2 Å². The topological polar surface area (TPSA) is 62.0 Å². The summed E-state index contributed by atoms with van der Waals surface area (Å²) in [6.07, 6.45) is 0. The van der Waals surface area contributed by atoms with Crippen molar-refractivity contribution < 1.29 is 4.79 Å². The number of hydrogen-bond acceptors (Lipinski definition) is 3. The highest BCUT2D eigenvalue weighted by Crippen LogP contribution is 2.22. The van der Waals surface area contributed by atoms with Gasteiger partial charge in [-0.2, -0.15) is 0 Å². The van der Waals surface area contributed by atoms with Gasteiger partial charge >= 0.3 is 0 Å². The fourth-order valence-corrected chi connectivity index (χ4v) is 3.28. The molecule has 1 aromatic carbocycles. The Bertz CT molecular complexity index is 781. The fraction of sp³-hybridized carbons (Fsp3) is 0.333. The van der Waals surface area contributed by atoms with Crippen molar-refractivity contribution >= 4 is 17.7 Å². The monoisotopic (exact) mass is 330 g/mol. The Balaban J connectivity index is 1.92. The Morgan fingerprint density at radius 2 is 1.87 bits per heavy atom. The van der Waals surface area contributed by atoms with Crippen molar-refractivity contribution in [2.75, 3.05) is 5.75 Å². The summed E-state index contributed by atoms with van der Waals surface area (Å²) in [5.41, 5.74) is 4.59. The molecule has 1 aromatic heterocycles. The summed E-state index contributed by atoms with van der Waals surface area (Å²) in [5.74, 6) is 0.265. The van der Waals surface area contributed by atoms with E-state index in [1.54, 1.807) is 0 Å². The quantitative estimate of drug-likeness (QED) is 0.829. The van der Waals surface area contributed by atoms with E-state index in [2.05, 4.69) is 23.3 Å². The van der Waals surface area contributed by atoms with Gasteiger partial charge in [-0.1, -0.05) is 17.7 Å². The van der Waals surface area contributed by atoms with Crippen LogP contribution in [-0.4, -0.2) is 16.6 Å². The van der Waals surface area contributed by atoms with Crippen LogP contribution >= 0.6 is 11.8 Å². The van der Waals surface area contributed by atoms with Gasteiger partial charge in [-0.05, 0) is 51.0 Å². The molecule has 0 saturated heterocycles. The highest BCUT2D eigenvalue weighted by atomic mass is 32.2. The molecule has 0 unspecified atom stereocenters. The van der Waals surface area contributed by atoms with Crippen molar-refractivity contribution in [2.24, 2.45) is 0 Å². The van der Waals surface area contributed by atoms with Gasteiger partial charge in [0.2, 0.25) is 5.91 Å². The number of amides is 1. The Morgan fingerprint density at radius 3 is 2.52 bits per heavy atom. The van der Waals surface area contributed by atoms with E-state index in [0.29, 0.717) is 11.3 Å². The Labute approximate surface area is 140 Å². The third-order valence-electron chi connectivity index (χ3n) is 3.65. The number of aryl methyl sites for hydroxylation is 4. The van der Waals surface area contributed by atoms with E-state index in [-0.39, 0.29) is 18.0 Å². The van der Waals surface area contributed by atoms with Crippen LogP contribution in [0.4, 0.5) is 0 Å². The minimum atomic E-state index is -0.134. The molecule has 122 valence electrons. The maximum Gasteiger partial charge on any atom is 0.253 e. The van der Waals surface area contributed by atoms with Crippen molar-refractivity contribution in [1.82, 2.24) is 10.3 Å². The molecule has 0 aliphatic rings. The third kappa shape index (κ3) is 4.73. The number of aromatic nitrogens is 1. The molecule has 4 nitrogen and oxygen atoms in total. The predicted molar refractivity (Wildman–Crippen MR) is 95.0 cm³/mol. The second kappa shape index (κ2) is 7.51. The minimum absolute atomic E-state index is 0.0747. The lowest BCUT2D eigenvalue weighted by Gasteiger charge is -2.09. The number of thioether (sulfide) groups is 1. The molecule has 0 aliphatic carbocycles. The molecule has 0 atom stereocenters. The molecule has 0 spiro atoms. The number of aromatic amines is 1. The van der Waals surface area contributed by atoms with Crippen LogP contribution in [0.2, 0.25) is 0 Å². The second-order valence-corrected chi connectivity index (χ2v) is 6.79. The summed E-state index contributed by atoms with van der Waals surface area (Å²) in [5, 5.41) is 2.82. The van der Waals surface area contributed by atoms with E-state index < -0.39 is 0 Å². The smallest absolute Gasteiger partial charge is 0.253 e. The molecule has 2 N–H and O–H groups in total. The van der Waals surface area contributed by atoms with Gasteiger partial charge in [0.25, 0.3) is 5.56 Å². The lowest BCUT2D eigenvalue weighted by Crippen LogP contribution is -2.29. The van der Waals surface area contributed by atoms with Gasteiger partial charge < -0.3 is 10.3 Å². The number of nitrogens with one attached hydrogen (secondary N) is 2. The van der Waals surface area contributed by atoms with Crippen LogP contribution in [0.3, 0.4) is 0 Å². The third-order valence-corrected chi connectivity index (χ3v) is 4.82.